The van der Waals surface area contributed by atoms with Crippen molar-refractivity contribution in [2.45, 2.75) is 50.3 Å². The van der Waals surface area contributed by atoms with E-state index >= 15 is 0 Å². The van der Waals surface area contributed by atoms with Crippen LogP contribution in [0.5, 0.6) is 17.2 Å². The van der Waals surface area contributed by atoms with Crippen molar-refractivity contribution in [3.63, 3.8) is 0 Å². The Bertz CT molecular complexity index is 805. The number of unbranched alkanes of at least 4 members (excludes halogenated alkanes) is 4. The van der Waals surface area contributed by atoms with Gasteiger partial charge in [-0.05, 0) is 36.6 Å². The summed E-state index contributed by atoms with van der Waals surface area (Å²) in [5, 5.41) is 11.9. The normalized spacial score (nSPS) is 11.0. The van der Waals surface area contributed by atoms with E-state index in [2.05, 4.69) is 6.92 Å². The number of hydrogen-bond donors (Lipinski definition) is 1. The van der Waals surface area contributed by atoms with Gasteiger partial charge in [0.2, 0.25) is 0 Å². The molecule has 136 valence electrons. The van der Waals surface area contributed by atoms with Crippen molar-refractivity contribution < 1.29 is 52.4 Å². The molecule has 0 aliphatic heterocycles. The molecule has 0 atom stereocenters. The molecule has 0 unspecified atom stereocenters. The molecule has 0 radical (unpaired) electrons. The molecule has 0 saturated heterocycles. The van der Waals surface area contributed by atoms with Crippen LogP contribution < -0.4 is 39.4 Å². The topological polar surface area (TPSA) is 86.7 Å². The Morgan fingerprint density at radius 2 is 1.77 bits per heavy atom. The van der Waals surface area contributed by atoms with Crippen molar-refractivity contribution in [2.24, 2.45) is 0 Å². The molecule has 26 heavy (non-hydrogen) atoms. The van der Waals surface area contributed by atoms with Crippen LogP contribution in [-0.4, -0.2) is 13.0 Å². The first-order chi connectivity index (χ1) is 11.9. The fourth-order valence-electron chi connectivity index (χ4n) is 2.55. The van der Waals surface area contributed by atoms with Gasteiger partial charge < -0.3 is 9.84 Å². The summed E-state index contributed by atoms with van der Waals surface area (Å²) in [4.78, 5) is -0.367. The van der Waals surface area contributed by atoms with Gasteiger partial charge in [-0.1, -0.05) is 56.6 Å². The molecule has 5 nitrogen and oxygen atoms in total. The third-order valence-electron chi connectivity index (χ3n) is 3.91. The summed E-state index contributed by atoms with van der Waals surface area (Å²) in [5.74, 6) is -0.108. The second kappa shape index (κ2) is 10.9. The average molecular weight is 386 g/mol. The molecule has 0 saturated carbocycles. The summed E-state index contributed by atoms with van der Waals surface area (Å²) in [6.45, 7) is 2.18. The van der Waals surface area contributed by atoms with Crippen LogP contribution in [0.2, 0.25) is 0 Å². The molecule has 0 aromatic heterocycles. The zero-order chi connectivity index (χ0) is 18.3. The van der Waals surface area contributed by atoms with E-state index in [1.165, 1.54) is 25.7 Å². The maximum atomic E-state index is 11.9. The van der Waals surface area contributed by atoms with Crippen LogP contribution in [0, 0.1) is 0 Å². The Balaban J connectivity index is 0.00000338. The van der Waals surface area contributed by atoms with Crippen LogP contribution in [0.15, 0.2) is 47.4 Å². The van der Waals surface area contributed by atoms with Crippen molar-refractivity contribution in [3.8, 4) is 17.2 Å². The predicted molar refractivity (Wildman–Crippen MR) is 94.7 cm³/mol. The standard InChI is InChI=1S/C19H24O5S.Na/c1-2-3-4-5-6-8-15-9-7-10-16(13-15)24-19-14-17(25(21,22)23)11-12-18(19)20;/h7,9-14,20H,2-6,8H2,1H3,(H,21,22,23);/q;+1/p-1. The van der Waals surface area contributed by atoms with Crippen LogP contribution in [-0.2, 0) is 16.5 Å². The summed E-state index contributed by atoms with van der Waals surface area (Å²) in [6, 6.07) is 10.6. The molecule has 2 aromatic rings. The third kappa shape index (κ3) is 7.29. The maximum absolute atomic E-state index is 11.9. The smallest absolute Gasteiger partial charge is 0.870 e. The number of ether oxygens (including phenoxy) is 1. The fourth-order valence-corrected chi connectivity index (χ4v) is 3.05. The first-order valence-electron chi connectivity index (χ1n) is 8.45. The van der Waals surface area contributed by atoms with E-state index in [0.29, 0.717) is 5.75 Å². The van der Waals surface area contributed by atoms with E-state index in [-0.39, 0.29) is 40.2 Å². The number of benzene rings is 2. The summed E-state index contributed by atoms with van der Waals surface area (Å²) < 4.78 is 37.0. The first-order valence-corrected chi connectivity index (χ1v) is 9.89. The zero-order valence-corrected chi connectivity index (χ0v) is 18.1. The quantitative estimate of drug-likeness (QED) is 0.399. The van der Waals surface area contributed by atoms with Gasteiger partial charge in [0.1, 0.15) is 11.5 Å². The van der Waals surface area contributed by atoms with Gasteiger partial charge >= 0.3 is 29.6 Å². The Labute approximate surface area is 177 Å². The van der Waals surface area contributed by atoms with Crippen LogP contribution in [0.4, 0.5) is 0 Å². The molecule has 0 aliphatic rings. The molecule has 2 rings (SSSR count). The van der Waals surface area contributed by atoms with Crippen molar-refractivity contribution in [3.05, 3.63) is 48.0 Å². The second-order valence-electron chi connectivity index (χ2n) is 6.00. The second-order valence-corrected chi connectivity index (χ2v) is 7.42. The molecule has 0 heterocycles. The van der Waals surface area contributed by atoms with Crippen LogP contribution >= 0.6 is 0 Å². The number of hydrogen-bond acceptors (Lipinski definition) is 4. The van der Waals surface area contributed by atoms with Gasteiger partial charge in [0.25, 0.3) is 10.1 Å². The van der Waals surface area contributed by atoms with E-state index in [9.17, 15) is 13.5 Å². The largest absolute Gasteiger partial charge is 1.00 e. The summed E-state index contributed by atoms with van der Waals surface area (Å²) in [7, 11) is -4.38. The molecule has 1 N–H and O–H groups in total. The van der Waals surface area contributed by atoms with Gasteiger partial charge in [-0.25, -0.2) is 0 Å². The minimum Gasteiger partial charge on any atom is -0.870 e. The van der Waals surface area contributed by atoms with Crippen molar-refractivity contribution in [1.82, 2.24) is 0 Å². The van der Waals surface area contributed by atoms with Gasteiger partial charge in [-0.15, -0.1) is 0 Å². The monoisotopic (exact) mass is 386 g/mol. The first kappa shape index (κ1) is 23.0. The van der Waals surface area contributed by atoms with E-state index in [1.54, 1.807) is 6.07 Å². The molecule has 0 fully saturated rings. The summed E-state index contributed by atoms with van der Waals surface area (Å²) in [6.07, 6.45) is 6.89. The van der Waals surface area contributed by atoms with Crippen LogP contribution in [0.3, 0.4) is 0 Å². The van der Waals surface area contributed by atoms with E-state index < -0.39 is 15.9 Å². The molecule has 7 heteroatoms. The molecule has 0 amide bonds. The Morgan fingerprint density at radius 1 is 1.04 bits per heavy atom. The summed E-state index contributed by atoms with van der Waals surface area (Å²) in [5.41, 5.74) is 1.10. The molecule has 0 spiro atoms. The molecular weight excluding hydrogens is 363 g/mol. The minimum absolute atomic E-state index is 0. The van der Waals surface area contributed by atoms with Gasteiger partial charge in [0.05, 0.1) is 4.90 Å². The van der Waals surface area contributed by atoms with E-state index in [0.717, 1.165) is 36.6 Å². The van der Waals surface area contributed by atoms with Gasteiger partial charge in [-0.3, -0.25) is 4.55 Å². The van der Waals surface area contributed by atoms with Crippen LogP contribution in [0.1, 0.15) is 44.6 Å². The minimum atomic E-state index is -4.38. The Morgan fingerprint density at radius 3 is 2.46 bits per heavy atom. The maximum Gasteiger partial charge on any atom is 1.00 e. The van der Waals surface area contributed by atoms with Crippen LogP contribution in [0.25, 0.3) is 0 Å². The van der Waals surface area contributed by atoms with E-state index in [1.807, 2.05) is 18.2 Å². The molecule has 0 aliphatic carbocycles. The Hall–Kier alpha value is -1.05. The van der Waals surface area contributed by atoms with Gasteiger partial charge in [0.15, 0.2) is 0 Å². The predicted octanol–water partition coefficient (Wildman–Crippen LogP) is 1.32. The zero-order valence-electron chi connectivity index (χ0n) is 15.3. The fraction of sp³-hybridized carbons (Fsp3) is 0.368. The number of aryl methyl sites for hydroxylation is 1. The van der Waals surface area contributed by atoms with Crippen molar-refractivity contribution in [1.29, 1.82) is 0 Å². The van der Waals surface area contributed by atoms with Crippen molar-refractivity contribution >= 4 is 10.1 Å². The van der Waals surface area contributed by atoms with Crippen molar-refractivity contribution in [2.75, 3.05) is 0 Å². The number of rotatable bonds is 9. The Kier molecular flexibility index (Phi) is 9.68. The molecule has 0 bridgehead atoms. The SMILES string of the molecule is CCCCCCCc1cccc(Oc2cc(S(=O)(=O)O)ccc2[O-])c1.[Na+]. The third-order valence-corrected chi connectivity index (χ3v) is 4.76. The summed E-state index contributed by atoms with van der Waals surface area (Å²) >= 11 is 0. The van der Waals surface area contributed by atoms with Gasteiger partial charge in [0, 0.05) is 6.07 Å². The molecular formula is C19H23NaO5S. The van der Waals surface area contributed by atoms with Gasteiger partial charge in [-0.2, -0.15) is 8.42 Å². The molecule has 2 aromatic carbocycles. The van der Waals surface area contributed by atoms with E-state index in [4.69, 9.17) is 9.29 Å². The average Bonchev–Trinajstić information content (AvgIpc) is 2.56.